The Morgan fingerprint density at radius 1 is 1.63 bits per heavy atom. The van der Waals surface area contributed by atoms with Crippen molar-refractivity contribution in [2.45, 2.75) is 13.0 Å². The van der Waals surface area contributed by atoms with Crippen molar-refractivity contribution in [2.24, 2.45) is 11.7 Å². The number of aromatic nitrogens is 1. The molecule has 0 bridgehead atoms. The number of halogens is 1. The summed E-state index contributed by atoms with van der Waals surface area (Å²) in [6.07, 6.45) is 0.995. The SMILES string of the molecule is CC1CN(C(=O)c2cc(Cl)ncc2[N+](=O)[O-])CC1N. The van der Waals surface area contributed by atoms with Gasteiger partial charge in [0, 0.05) is 19.1 Å². The molecule has 1 aromatic heterocycles. The van der Waals surface area contributed by atoms with Gasteiger partial charge >= 0.3 is 0 Å². The van der Waals surface area contributed by atoms with Crippen molar-refractivity contribution in [3.63, 3.8) is 0 Å². The van der Waals surface area contributed by atoms with Gasteiger partial charge in [-0.15, -0.1) is 0 Å². The molecule has 1 aliphatic heterocycles. The first-order chi connectivity index (χ1) is 8.90. The lowest BCUT2D eigenvalue weighted by atomic mass is 10.1. The fourth-order valence-electron chi connectivity index (χ4n) is 2.07. The zero-order valence-electron chi connectivity index (χ0n) is 10.2. The summed E-state index contributed by atoms with van der Waals surface area (Å²) in [6.45, 7) is 2.81. The number of hydrogen-bond acceptors (Lipinski definition) is 5. The normalized spacial score (nSPS) is 22.6. The van der Waals surface area contributed by atoms with Crippen LogP contribution < -0.4 is 5.73 Å². The van der Waals surface area contributed by atoms with Crippen LogP contribution in [0.3, 0.4) is 0 Å². The number of nitro groups is 1. The Balaban J connectivity index is 2.33. The third-order valence-electron chi connectivity index (χ3n) is 3.23. The van der Waals surface area contributed by atoms with Crippen molar-refractivity contribution < 1.29 is 9.72 Å². The maximum atomic E-state index is 12.3. The lowest BCUT2D eigenvalue weighted by molar-refractivity contribution is -0.385. The van der Waals surface area contributed by atoms with Crippen LogP contribution in [0.5, 0.6) is 0 Å². The van der Waals surface area contributed by atoms with Gasteiger partial charge in [0.1, 0.15) is 16.9 Å². The molecule has 0 spiro atoms. The number of carbonyl (C=O) groups excluding carboxylic acids is 1. The number of rotatable bonds is 2. The Kier molecular flexibility index (Phi) is 3.68. The van der Waals surface area contributed by atoms with Gasteiger partial charge in [0.15, 0.2) is 0 Å². The molecular formula is C11H13ClN4O3. The summed E-state index contributed by atoms with van der Waals surface area (Å²) < 4.78 is 0. The topological polar surface area (TPSA) is 102 Å². The van der Waals surface area contributed by atoms with Crippen LogP contribution in [0, 0.1) is 16.0 Å². The van der Waals surface area contributed by atoms with Crippen LogP contribution in [-0.2, 0) is 0 Å². The summed E-state index contributed by atoms with van der Waals surface area (Å²) in [6, 6.07) is 1.11. The predicted octanol–water partition coefficient (Wildman–Crippen LogP) is 1.06. The third-order valence-corrected chi connectivity index (χ3v) is 3.44. The van der Waals surface area contributed by atoms with Gasteiger partial charge in [0.05, 0.1) is 4.92 Å². The van der Waals surface area contributed by atoms with Crippen LogP contribution in [0.4, 0.5) is 5.69 Å². The van der Waals surface area contributed by atoms with Crippen LogP contribution in [-0.4, -0.2) is 39.8 Å². The minimum absolute atomic E-state index is 0.0468. The highest BCUT2D eigenvalue weighted by molar-refractivity contribution is 6.29. The minimum atomic E-state index is -0.643. The van der Waals surface area contributed by atoms with Crippen molar-refractivity contribution in [2.75, 3.05) is 13.1 Å². The molecule has 2 heterocycles. The van der Waals surface area contributed by atoms with E-state index < -0.39 is 10.8 Å². The largest absolute Gasteiger partial charge is 0.337 e. The monoisotopic (exact) mass is 284 g/mol. The zero-order valence-corrected chi connectivity index (χ0v) is 11.0. The first kappa shape index (κ1) is 13.7. The Labute approximate surface area is 114 Å². The van der Waals surface area contributed by atoms with Gasteiger partial charge in [-0.2, -0.15) is 0 Å². The number of carbonyl (C=O) groups is 1. The van der Waals surface area contributed by atoms with Crippen molar-refractivity contribution in [3.8, 4) is 0 Å². The quantitative estimate of drug-likeness (QED) is 0.497. The number of likely N-dealkylation sites (tertiary alicyclic amines) is 1. The van der Waals surface area contributed by atoms with E-state index in [9.17, 15) is 14.9 Å². The van der Waals surface area contributed by atoms with E-state index in [1.807, 2.05) is 6.92 Å². The number of pyridine rings is 1. The lowest BCUT2D eigenvalue weighted by Gasteiger charge is -2.15. The highest BCUT2D eigenvalue weighted by Crippen LogP contribution is 2.24. The van der Waals surface area contributed by atoms with E-state index in [4.69, 9.17) is 17.3 Å². The molecule has 0 aliphatic carbocycles. The van der Waals surface area contributed by atoms with Gasteiger partial charge in [-0.05, 0) is 12.0 Å². The highest BCUT2D eigenvalue weighted by atomic mass is 35.5. The molecule has 102 valence electrons. The summed E-state index contributed by atoms with van der Waals surface area (Å²) >= 11 is 5.70. The minimum Gasteiger partial charge on any atom is -0.337 e. The maximum Gasteiger partial charge on any atom is 0.300 e. The highest BCUT2D eigenvalue weighted by Gasteiger charge is 2.33. The van der Waals surface area contributed by atoms with Crippen molar-refractivity contribution >= 4 is 23.2 Å². The Hall–Kier alpha value is -1.73. The van der Waals surface area contributed by atoms with Gasteiger partial charge in [-0.3, -0.25) is 14.9 Å². The van der Waals surface area contributed by atoms with Crippen molar-refractivity contribution in [1.82, 2.24) is 9.88 Å². The molecule has 0 saturated carbocycles. The van der Waals surface area contributed by atoms with Gasteiger partial charge < -0.3 is 10.6 Å². The van der Waals surface area contributed by atoms with E-state index in [2.05, 4.69) is 4.98 Å². The molecular weight excluding hydrogens is 272 g/mol. The Morgan fingerprint density at radius 3 is 2.84 bits per heavy atom. The molecule has 8 heteroatoms. The van der Waals surface area contributed by atoms with E-state index >= 15 is 0 Å². The summed E-state index contributed by atoms with van der Waals surface area (Å²) in [5, 5.41) is 11.0. The molecule has 2 atom stereocenters. The summed E-state index contributed by atoms with van der Waals surface area (Å²) in [7, 11) is 0. The average molecular weight is 285 g/mol. The summed E-state index contributed by atoms with van der Waals surface area (Å²) in [5.74, 6) is -0.267. The van der Waals surface area contributed by atoms with E-state index in [1.165, 1.54) is 11.0 Å². The molecule has 0 radical (unpaired) electrons. The molecule has 19 heavy (non-hydrogen) atoms. The van der Waals surface area contributed by atoms with Crippen molar-refractivity contribution in [3.05, 3.63) is 33.1 Å². The average Bonchev–Trinajstić information content (AvgIpc) is 2.68. The summed E-state index contributed by atoms with van der Waals surface area (Å²) in [5.41, 5.74) is 5.45. The zero-order chi connectivity index (χ0) is 14.2. The fraction of sp³-hybridized carbons (Fsp3) is 0.455. The Morgan fingerprint density at radius 2 is 2.32 bits per heavy atom. The second kappa shape index (κ2) is 5.10. The van der Waals surface area contributed by atoms with Gasteiger partial charge in [-0.25, -0.2) is 4.98 Å². The Bertz CT molecular complexity index is 527. The molecule has 1 saturated heterocycles. The molecule has 7 nitrogen and oxygen atoms in total. The molecule has 1 fully saturated rings. The van der Waals surface area contributed by atoms with E-state index in [0.717, 1.165) is 6.20 Å². The third kappa shape index (κ3) is 2.66. The first-order valence-electron chi connectivity index (χ1n) is 5.75. The molecule has 1 amide bonds. The van der Waals surface area contributed by atoms with E-state index in [0.29, 0.717) is 13.1 Å². The number of nitrogens with zero attached hydrogens (tertiary/aromatic N) is 3. The van der Waals surface area contributed by atoms with Gasteiger partial charge in [-0.1, -0.05) is 18.5 Å². The molecule has 1 aliphatic rings. The molecule has 0 aromatic carbocycles. The van der Waals surface area contributed by atoms with Crippen LogP contribution >= 0.6 is 11.6 Å². The predicted molar refractivity (Wildman–Crippen MR) is 68.9 cm³/mol. The van der Waals surface area contributed by atoms with Gasteiger partial charge in [0.25, 0.3) is 11.6 Å². The number of nitrogens with two attached hydrogens (primary N) is 1. The second-order valence-electron chi connectivity index (χ2n) is 4.63. The van der Waals surface area contributed by atoms with E-state index in [-0.39, 0.29) is 28.4 Å². The van der Waals surface area contributed by atoms with Crippen LogP contribution in [0.25, 0.3) is 0 Å². The van der Waals surface area contributed by atoms with Crippen molar-refractivity contribution in [1.29, 1.82) is 0 Å². The molecule has 1 aromatic rings. The molecule has 2 unspecified atom stereocenters. The number of amides is 1. The van der Waals surface area contributed by atoms with Gasteiger partial charge in [0.2, 0.25) is 0 Å². The standard InChI is InChI=1S/C11H13ClN4O3/c1-6-4-15(5-8(6)13)11(17)7-2-10(12)14-3-9(7)16(18)19/h2-3,6,8H,4-5,13H2,1H3. The van der Waals surface area contributed by atoms with Crippen LogP contribution in [0.15, 0.2) is 12.3 Å². The fourth-order valence-corrected chi connectivity index (χ4v) is 2.23. The van der Waals surface area contributed by atoms with Crippen LogP contribution in [0.2, 0.25) is 5.15 Å². The molecule has 2 N–H and O–H groups in total. The first-order valence-corrected chi connectivity index (χ1v) is 6.12. The summed E-state index contributed by atoms with van der Waals surface area (Å²) in [4.78, 5) is 27.7. The van der Waals surface area contributed by atoms with Crippen LogP contribution in [0.1, 0.15) is 17.3 Å². The second-order valence-corrected chi connectivity index (χ2v) is 5.02. The molecule has 2 rings (SSSR count). The van der Waals surface area contributed by atoms with E-state index in [1.54, 1.807) is 0 Å². The maximum absolute atomic E-state index is 12.3. The smallest absolute Gasteiger partial charge is 0.300 e. The lowest BCUT2D eigenvalue weighted by Crippen LogP contribution is -2.32. The number of hydrogen-bond donors (Lipinski definition) is 1.